The smallest absolute Gasteiger partial charge is 0.240 e. The summed E-state index contributed by atoms with van der Waals surface area (Å²) in [6, 6.07) is 5.97. The van der Waals surface area contributed by atoms with Gasteiger partial charge in [0, 0.05) is 25.4 Å². The number of halogens is 1. The van der Waals surface area contributed by atoms with Crippen LogP contribution in [0.25, 0.3) is 0 Å². The quantitative estimate of drug-likeness (QED) is 0.909. The molecule has 112 valence electrons. The molecule has 0 radical (unpaired) electrons. The first-order valence-electron chi connectivity index (χ1n) is 7.14. The molecule has 2 aliphatic heterocycles. The van der Waals surface area contributed by atoms with Crippen LogP contribution in [-0.4, -0.2) is 37.9 Å². The average molecular weight is 308 g/mol. The maximum atomic E-state index is 11.3. The molecule has 1 saturated heterocycles. The highest BCUT2D eigenvalue weighted by Gasteiger charge is 2.23. The highest BCUT2D eigenvalue weighted by Crippen LogP contribution is 2.29. The van der Waals surface area contributed by atoms with Crippen LogP contribution < -0.4 is 10.3 Å². The summed E-state index contributed by atoms with van der Waals surface area (Å²) in [6.45, 7) is 5.17. The summed E-state index contributed by atoms with van der Waals surface area (Å²) in [6.07, 6.45) is 0.460. The number of morpholine rings is 1. The lowest BCUT2D eigenvalue weighted by Crippen LogP contribution is -2.36. The van der Waals surface area contributed by atoms with Gasteiger partial charge in [0.25, 0.3) is 0 Å². The van der Waals surface area contributed by atoms with E-state index in [-0.39, 0.29) is 11.8 Å². The summed E-state index contributed by atoms with van der Waals surface area (Å²) in [5.41, 5.74) is 5.40. The van der Waals surface area contributed by atoms with Gasteiger partial charge in [-0.1, -0.05) is 24.6 Å². The first-order valence-corrected chi connectivity index (χ1v) is 7.52. The number of hydrazone groups is 1. The van der Waals surface area contributed by atoms with Gasteiger partial charge in [0.15, 0.2) is 0 Å². The second-order valence-electron chi connectivity index (χ2n) is 5.40. The monoisotopic (exact) mass is 307 g/mol. The second-order valence-corrected chi connectivity index (χ2v) is 5.81. The molecule has 1 N–H and O–H groups in total. The van der Waals surface area contributed by atoms with Gasteiger partial charge in [-0.3, -0.25) is 4.79 Å². The summed E-state index contributed by atoms with van der Waals surface area (Å²) >= 11 is 6.43. The van der Waals surface area contributed by atoms with Gasteiger partial charge >= 0.3 is 0 Å². The zero-order valence-electron chi connectivity index (χ0n) is 11.9. The molecular weight excluding hydrogens is 290 g/mol. The minimum Gasteiger partial charge on any atom is -0.378 e. The Labute approximate surface area is 128 Å². The van der Waals surface area contributed by atoms with E-state index in [0.29, 0.717) is 11.4 Å². The molecule has 6 heteroatoms. The predicted molar refractivity (Wildman–Crippen MR) is 82.9 cm³/mol. The van der Waals surface area contributed by atoms with E-state index in [4.69, 9.17) is 16.3 Å². The minimum atomic E-state index is -0.0396. The molecule has 0 aromatic heterocycles. The number of benzene rings is 1. The Morgan fingerprint density at radius 3 is 2.81 bits per heavy atom. The van der Waals surface area contributed by atoms with Crippen molar-refractivity contribution in [1.29, 1.82) is 0 Å². The average Bonchev–Trinajstić information content (AvgIpc) is 2.48. The summed E-state index contributed by atoms with van der Waals surface area (Å²) in [4.78, 5) is 13.5. The lowest BCUT2D eigenvalue weighted by atomic mass is 9.94. The molecule has 1 atom stereocenters. The number of carbonyl (C=O) groups excluding carboxylic acids is 1. The Bertz CT molecular complexity index is 582. The SMILES string of the molecule is C[C@@H]1CC(=O)NN=C1c1ccc(N2CCOCC2)c(Cl)c1. The van der Waals surface area contributed by atoms with E-state index < -0.39 is 0 Å². The van der Waals surface area contributed by atoms with E-state index in [1.165, 1.54) is 0 Å². The minimum absolute atomic E-state index is 0.0396. The number of rotatable bonds is 2. The Balaban J connectivity index is 1.85. The van der Waals surface area contributed by atoms with Gasteiger partial charge in [-0.15, -0.1) is 0 Å². The lowest BCUT2D eigenvalue weighted by Gasteiger charge is -2.30. The number of hydrogen-bond acceptors (Lipinski definition) is 4. The molecule has 1 aromatic rings. The summed E-state index contributed by atoms with van der Waals surface area (Å²) < 4.78 is 5.36. The fourth-order valence-electron chi connectivity index (χ4n) is 2.73. The highest BCUT2D eigenvalue weighted by atomic mass is 35.5. The Morgan fingerprint density at radius 2 is 2.14 bits per heavy atom. The molecule has 0 unspecified atom stereocenters. The fraction of sp³-hybridized carbons (Fsp3) is 0.467. The zero-order valence-corrected chi connectivity index (χ0v) is 12.7. The van der Waals surface area contributed by atoms with E-state index in [9.17, 15) is 4.79 Å². The number of amides is 1. The third-order valence-corrected chi connectivity index (χ3v) is 4.16. The maximum absolute atomic E-state index is 11.3. The molecule has 2 heterocycles. The van der Waals surface area contributed by atoms with Crippen molar-refractivity contribution >= 4 is 28.9 Å². The molecule has 1 amide bonds. The van der Waals surface area contributed by atoms with Crippen LogP contribution in [0.3, 0.4) is 0 Å². The van der Waals surface area contributed by atoms with E-state index >= 15 is 0 Å². The Kier molecular flexibility index (Phi) is 4.12. The number of nitrogens with zero attached hydrogens (tertiary/aromatic N) is 2. The van der Waals surface area contributed by atoms with E-state index in [1.54, 1.807) is 0 Å². The van der Waals surface area contributed by atoms with Crippen molar-refractivity contribution in [3.8, 4) is 0 Å². The predicted octanol–water partition coefficient (Wildman–Crippen LogP) is 2.04. The molecule has 21 heavy (non-hydrogen) atoms. The number of carbonyl (C=O) groups is 1. The van der Waals surface area contributed by atoms with Gasteiger partial charge in [-0.05, 0) is 17.7 Å². The summed E-state index contributed by atoms with van der Waals surface area (Å²) in [7, 11) is 0. The van der Waals surface area contributed by atoms with Gasteiger partial charge in [-0.25, -0.2) is 5.43 Å². The van der Waals surface area contributed by atoms with E-state index in [1.807, 2.05) is 25.1 Å². The first kappa shape index (κ1) is 14.4. The van der Waals surface area contributed by atoms with Crippen molar-refractivity contribution in [2.75, 3.05) is 31.2 Å². The van der Waals surface area contributed by atoms with Crippen LogP contribution >= 0.6 is 11.6 Å². The molecule has 3 rings (SSSR count). The van der Waals surface area contributed by atoms with E-state index in [0.717, 1.165) is 43.3 Å². The Morgan fingerprint density at radius 1 is 1.38 bits per heavy atom. The van der Waals surface area contributed by atoms with Crippen LogP contribution in [-0.2, 0) is 9.53 Å². The first-order chi connectivity index (χ1) is 10.1. The van der Waals surface area contributed by atoms with Crippen LogP contribution in [0.5, 0.6) is 0 Å². The number of anilines is 1. The molecule has 5 nitrogen and oxygen atoms in total. The van der Waals surface area contributed by atoms with Crippen molar-refractivity contribution in [2.24, 2.45) is 11.0 Å². The van der Waals surface area contributed by atoms with Crippen molar-refractivity contribution in [3.05, 3.63) is 28.8 Å². The van der Waals surface area contributed by atoms with Crippen LogP contribution in [0.4, 0.5) is 5.69 Å². The van der Waals surface area contributed by atoms with Crippen molar-refractivity contribution < 1.29 is 9.53 Å². The van der Waals surface area contributed by atoms with Gasteiger partial charge in [-0.2, -0.15) is 5.10 Å². The molecule has 1 fully saturated rings. The normalized spacial score (nSPS) is 22.8. The third-order valence-electron chi connectivity index (χ3n) is 3.85. The molecule has 0 bridgehead atoms. The van der Waals surface area contributed by atoms with Crippen molar-refractivity contribution in [2.45, 2.75) is 13.3 Å². The van der Waals surface area contributed by atoms with Gasteiger partial charge in [0.05, 0.1) is 29.6 Å². The highest BCUT2D eigenvalue weighted by molar-refractivity contribution is 6.33. The number of nitrogens with one attached hydrogen (secondary N) is 1. The molecule has 0 saturated carbocycles. The standard InChI is InChI=1S/C15H18ClN3O2/c1-10-8-14(20)17-18-15(10)11-2-3-13(12(16)9-11)19-4-6-21-7-5-19/h2-3,9-10H,4-8H2,1H3,(H,17,20)/t10-/m1/s1. The molecule has 0 spiro atoms. The fourth-order valence-corrected chi connectivity index (χ4v) is 3.03. The van der Waals surface area contributed by atoms with Crippen molar-refractivity contribution in [1.82, 2.24) is 5.43 Å². The van der Waals surface area contributed by atoms with Crippen LogP contribution in [0.15, 0.2) is 23.3 Å². The van der Waals surface area contributed by atoms with Crippen LogP contribution in [0.2, 0.25) is 5.02 Å². The van der Waals surface area contributed by atoms with Gasteiger partial charge < -0.3 is 9.64 Å². The van der Waals surface area contributed by atoms with Crippen LogP contribution in [0.1, 0.15) is 18.9 Å². The summed E-state index contributed by atoms with van der Waals surface area (Å²) in [5, 5.41) is 4.88. The van der Waals surface area contributed by atoms with Gasteiger partial charge in [0.1, 0.15) is 0 Å². The number of ether oxygens (including phenoxy) is 1. The molecule has 1 aromatic carbocycles. The third kappa shape index (κ3) is 3.04. The van der Waals surface area contributed by atoms with Crippen LogP contribution in [0, 0.1) is 5.92 Å². The molecule has 0 aliphatic carbocycles. The second kappa shape index (κ2) is 6.03. The van der Waals surface area contributed by atoms with E-state index in [2.05, 4.69) is 15.4 Å². The van der Waals surface area contributed by atoms with Crippen molar-refractivity contribution in [3.63, 3.8) is 0 Å². The topological polar surface area (TPSA) is 53.9 Å². The molecular formula is C15H18ClN3O2. The van der Waals surface area contributed by atoms with Gasteiger partial charge in [0.2, 0.25) is 5.91 Å². The number of hydrogen-bond donors (Lipinski definition) is 1. The Hall–Kier alpha value is -1.59. The molecule has 2 aliphatic rings. The maximum Gasteiger partial charge on any atom is 0.240 e. The zero-order chi connectivity index (χ0) is 14.8. The largest absolute Gasteiger partial charge is 0.378 e. The summed E-state index contributed by atoms with van der Waals surface area (Å²) in [5.74, 6) is 0.0614. The lowest BCUT2D eigenvalue weighted by molar-refractivity contribution is -0.121.